The van der Waals surface area contributed by atoms with Gasteiger partial charge in [0.15, 0.2) is 0 Å². The first-order chi connectivity index (χ1) is 4.60. The molecule has 0 aromatic carbocycles. The van der Waals surface area contributed by atoms with E-state index in [4.69, 9.17) is 10.4 Å². The van der Waals surface area contributed by atoms with Gasteiger partial charge < -0.3 is 0 Å². The van der Waals surface area contributed by atoms with Crippen LogP contribution in [0, 0.1) is 0 Å². The molecule has 0 radical (unpaired) electrons. The number of hydroxylamine groups is 3. The molecule has 0 spiro atoms. The smallest absolute Gasteiger partial charge is 0.259 e. The summed E-state index contributed by atoms with van der Waals surface area (Å²) in [6.07, 6.45) is 0. The molecule has 10 heavy (non-hydrogen) atoms. The fraction of sp³-hybridized carbons (Fsp3) is 0.667. The summed E-state index contributed by atoms with van der Waals surface area (Å²) < 4.78 is -1.21. The van der Waals surface area contributed by atoms with E-state index in [2.05, 4.69) is 10.4 Å². The molecule has 0 aromatic heterocycles. The first kappa shape index (κ1) is 7.06. The Morgan fingerprint density at radius 3 is 2.60 bits per heavy atom. The van der Waals surface area contributed by atoms with Gasteiger partial charge in [-0.3, -0.25) is 5.21 Å². The van der Waals surface area contributed by atoms with Gasteiger partial charge in [0.25, 0.3) is 0 Å². The van der Waals surface area contributed by atoms with E-state index < -0.39 is 10.8 Å². The zero-order chi connectivity index (χ0) is 7.78. The molecule has 1 heterocycles. The molecule has 0 saturated carbocycles. The number of quaternary nitrogens is 1. The third-order valence-corrected chi connectivity index (χ3v) is 1.19. The summed E-state index contributed by atoms with van der Waals surface area (Å²) in [5, 5.41) is 23.6. The van der Waals surface area contributed by atoms with Crippen LogP contribution in [0.15, 0.2) is 10.4 Å². The van der Waals surface area contributed by atoms with Gasteiger partial charge in [-0.25, -0.2) is 0 Å². The van der Waals surface area contributed by atoms with Crippen molar-refractivity contribution in [2.24, 2.45) is 10.4 Å². The average Bonchev–Trinajstić information content (AvgIpc) is 2.19. The predicted octanol–water partition coefficient (Wildman–Crippen LogP) is 0.319. The Morgan fingerprint density at radius 2 is 2.40 bits per heavy atom. The number of amides is 2. The van der Waals surface area contributed by atoms with Crippen molar-refractivity contribution in [3.05, 3.63) is 0 Å². The third kappa shape index (κ3) is 0.764. The minimum atomic E-state index is -1.21. The van der Waals surface area contributed by atoms with Gasteiger partial charge >= 0.3 is 6.03 Å². The van der Waals surface area contributed by atoms with Crippen molar-refractivity contribution in [1.82, 2.24) is 5.17 Å². The Balaban J connectivity index is 2.84. The molecule has 1 aliphatic heterocycles. The van der Waals surface area contributed by atoms with Gasteiger partial charge in [-0.05, 0) is 12.1 Å². The van der Waals surface area contributed by atoms with E-state index in [0.717, 1.165) is 0 Å². The zero-order valence-corrected chi connectivity index (χ0v) is 5.30. The van der Waals surface area contributed by atoms with E-state index in [-0.39, 0.29) is 11.7 Å². The highest BCUT2D eigenvalue weighted by Crippen LogP contribution is 2.15. The second kappa shape index (κ2) is 1.97. The normalized spacial score (nSPS) is 31.9. The van der Waals surface area contributed by atoms with Crippen LogP contribution in [0.2, 0.25) is 0 Å². The van der Waals surface area contributed by atoms with Crippen LogP contribution in [-0.2, 0) is 0 Å². The number of nitrogens with zero attached hydrogens (tertiary/aromatic N) is 4. The van der Waals surface area contributed by atoms with Crippen molar-refractivity contribution in [1.29, 1.82) is 0 Å². The molecule has 7 nitrogen and oxygen atoms in total. The van der Waals surface area contributed by atoms with Gasteiger partial charge in [0.05, 0.1) is 5.22 Å². The van der Waals surface area contributed by atoms with Crippen molar-refractivity contribution in [3.8, 4) is 0 Å². The minimum Gasteiger partial charge on any atom is -0.259 e. The van der Waals surface area contributed by atoms with Gasteiger partial charge in [-0.2, -0.15) is 10.0 Å². The van der Waals surface area contributed by atoms with Gasteiger partial charge in [-0.1, -0.05) is 0 Å². The maximum absolute atomic E-state index is 10.7. The molecule has 2 N–H and O–H groups in total. The van der Waals surface area contributed by atoms with Gasteiger partial charge in [0.2, 0.25) is 0 Å². The van der Waals surface area contributed by atoms with E-state index >= 15 is 0 Å². The minimum absolute atomic E-state index is 0.00347. The number of urea groups is 1. The number of hydrogen-bond acceptors (Lipinski definition) is 5. The highest BCUT2D eigenvalue weighted by molar-refractivity contribution is 5.64. The molecule has 0 saturated heterocycles. The molecular formula is C3H7N4O3+. The lowest BCUT2D eigenvalue weighted by molar-refractivity contribution is -1.04. The van der Waals surface area contributed by atoms with Gasteiger partial charge in [0, 0.05) is 9.98 Å². The molecule has 56 valence electrons. The largest absolute Gasteiger partial charge is 0.527 e. The first-order valence-electron chi connectivity index (χ1n) is 2.67. The maximum Gasteiger partial charge on any atom is 0.527 e. The van der Waals surface area contributed by atoms with Crippen LogP contribution in [0.4, 0.5) is 4.79 Å². The topological polar surface area (TPSA) is 85.5 Å². The second-order valence-electron chi connectivity index (χ2n) is 1.80. The van der Waals surface area contributed by atoms with Crippen LogP contribution < -0.4 is 0 Å². The number of carbonyl (C=O) groups excluding carboxylic acids is 1. The molecule has 1 unspecified atom stereocenters. The van der Waals surface area contributed by atoms with E-state index in [1.165, 1.54) is 6.92 Å². The van der Waals surface area contributed by atoms with Crippen LogP contribution in [0.1, 0.15) is 6.92 Å². The van der Waals surface area contributed by atoms with Crippen LogP contribution in [-0.4, -0.2) is 32.9 Å². The third-order valence-electron chi connectivity index (χ3n) is 1.19. The van der Waals surface area contributed by atoms with E-state index in [9.17, 15) is 4.79 Å². The fourth-order valence-electron chi connectivity index (χ4n) is 0.522. The molecule has 0 aliphatic carbocycles. The molecule has 0 aromatic rings. The summed E-state index contributed by atoms with van der Waals surface area (Å²) in [5.74, 6) is 0. The molecule has 0 bridgehead atoms. The highest BCUT2D eigenvalue weighted by Gasteiger charge is 2.46. The highest BCUT2D eigenvalue weighted by atomic mass is 16.7. The lowest BCUT2D eigenvalue weighted by Gasteiger charge is -2.09. The van der Waals surface area contributed by atoms with E-state index in [1.807, 2.05) is 0 Å². The van der Waals surface area contributed by atoms with Crippen molar-refractivity contribution in [2.75, 3.05) is 6.54 Å². The molecule has 1 aliphatic rings. The number of hydrogen-bond donors (Lipinski definition) is 2. The second-order valence-corrected chi connectivity index (χ2v) is 1.80. The summed E-state index contributed by atoms with van der Waals surface area (Å²) in [6.45, 7) is 1.58. The Morgan fingerprint density at radius 1 is 1.80 bits per heavy atom. The monoisotopic (exact) mass is 147 g/mol. The molecule has 7 heteroatoms. The Kier molecular flexibility index (Phi) is 1.39. The summed E-state index contributed by atoms with van der Waals surface area (Å²) in [7, 11) is 0. The number of carbonyl (C=O) groups is 1. The molecule has 1 atom stereocenters. The summed E-state index contributed by atoms with van der Waals surface area (Å²) in [6, 6.07) is -0.970. The van der Waals surface area contributed by atoms with Crippen molar-refractivity contribution >= 4 is 6.03 Å². The average molecular weight is 147 g/mol. The summed E-state index contributed by atoms with van der Waals surface area (Å²) >= 11 is 0. The van der Waals surface area contributed by atoms with Crippen LogP contribution in [0.25, 0.3) is 0 Å². The maximum atomic E-state index is 10.7. The molecular weight excluding hydrogens is 140 g/mol. The van der Waals surface area contributed by atoms with Crippen LogP contribution >= 0.6 is 0 Å². The van der Waals surface area contributed by atoms with E-state index in [1.54, 1.807) is 0 Å². The number of rotatable bonds is 1. The Labute approximate surface area is 56.2 Å². The molecule has 0 fully saturated rings. The van der Waals surface area contributed by atoms with Crippen molar-refractivity contribution in [3.63, 3.8) is 0 Å². The summed E-state index contributed by atoms with van der Waals surface area (Å²) in [5.41, 5.74) is 0. The van der Waals surface area contributed by atoms with Gasteiger partial charge in [0.1, 0.15) is 6.54 Å². The van der Waals surface area contributed by atoms with Crippen LogP contribution in [0.3, 0.4) is 0 Å². The molecule has 1 rings (SSSR count). The Bertz CT molecular complexity index is 192. The van der Waals surface area contributed by atoms with Crippen LogP contribution in [0.5, 0.6) is 0 Å². The van der Waals surface area contributed by atoms with Crippen molar-refractivity contribution in [2.45, 2.75) is 6.92 Å². The SMILES string of the molecule is CC[N+]1(O)N=NN(O)C1=O. The van der Waals surface area contributed by atoms with E-state index in [0.29, 0.717) is 0 Å². The lowest BCUT2D eigenvalue weighted by atomic mass is 10.7. The lowest BCUT2D eigenvalue weighted by Crippen LogP contribution is -2.45. The fourth-order valence-corrected chi connectivity index (χ4v) is 0.522. The quantitative estimate of drug-likeness (QED) is 0.413. The Hall–Kier alpha value is -1.05. The predicted molar refractivity (Wildman–Crippen MR) is 26.5 cm³/mol. The summed E-state index contributed by atoms with van der Waals surface area (Å²) in [4.78, 5) is 10.7. The zero-order valence-electron chi connectivity index (χ0n) is 5.30. The first-order valence-corrected chi connectivity index (χ1v) is 2.67. The standard InChI is InChI=1S/C3H7N4O3/c1-2-7(10)3(8)6(9)4-5-7/h9-10H,2H2,1H3/q+1. The van der Waals surface area contributed by atoms with Gasteiger partial charge in [-0.15, -0.1) is 0 Å². The molecule has 2 amide bonds. The van der Waals surface area contributed by atoms with Crippen molar-refractivity contribution < 1.29 is 20.0 Å².